The summed E-state index contributed by atoms with van der Waals surface area (Å²) < 4.78 is 13.4. The number of aromatic nitrogens is 2. The van der Waals surface area contributed by atoms with Crippen LogP contribution in [0.1, 0.15) is 30.3 Å². The van der Waals surface area contributed by atoms with Crippen LogP contribution in [0.5, 0.6) is 11.5 Å². The smallest absolute Gasteiger partial charge is 0.282 e. The summed E-state index contributed by atoms with van der Waals surface area (Å²) in [5.41, 5.74) is 1.74. The molecule has 0 fully saturated rings. The van der Waals surface area contributed by atoms with Crippen LogP contribution in [-0.2, 0) is 13.0 Å². The number of methoxy groups -OCH3 is 1. The molecule has 0 aliphatic heterocycles. The molecular formula is C26H23BrN4O5. The number of ether oxygens (including phenoxy) is 2. The Morgan fingerprint density at radius 3 is 2.72 bits per heavy atom. The third kappa shape index (κ3) is 5.60. The first kappa shape index (κ1) is 25.1. The van der Waals surface area contributed by atoms with Crippen molar-refractivity contribution in [2.45, 2.75) is 26.4 Å². The van der Waals surface area contributed by atoms with Crippen molar-refractivity contribution < 1.29 is 14.4 Å². The van der Waals surface area contributed by atoms with E-state index in [9.17, 15) is 14.9 Å². The summed E-state index contributed by atoms with van der Waals surface area (Å²) in [6, 6.07) is 16.9. The monoisotopic (exact) mass is 550 g/mol. The molecule has 0 saturated heterocycles. The predicted octanol–water partition coefficient (Wildman–Crippen LogP) is 5.49. The number of nitrogens with zero attached hydrogens (tertiary/aromatic N) is 4. The van der Waals surface area contributed by atoms with Crippen molar-refractivity contribution in [1.82, 2.24) is 9.66 Å². The second-order valence-electron chi connectivity index (χ2n) is 7.93. The second-order valence-corrected chi connectivity index (χ2v) is 8.84. The van der Waals surface area contributed by atoms with Gasteiger partial charge in [0.25, 0.3) is 11.2 Å². The third-order valence-electron chi connectivity index (χ3n) is 5.37. The van der Waals surface area contributed by atoms with Gasteiger partial charge < -0.3 is 9.47 Å². The first-order valence-corrected chi connectivity index (χ1v) is 12.0. The lowest BCUT2D eigenvalue weighted by Crippen LogP contribution is -2.22. The summed E-state index contributed by atoms with van der Waals surface area (Å²) in [6.07, 6.45) is 2.99. The first-order valence-electron chi connectivity index (χ1n) is 11.2. The number of rotatable bonds is 9. The van der Waals surface area contributed by atoms with Gasteiger partial charge in [0.1, 0.15) is 12.4 Å². The zero-order chi connectivity index (χ0) is 25.7. The third-order valence-corrected chi connectivity index (χ3v) is 5.87. The van der Waals surface area contributed by atoms with Gasteiger partial charge in [-0.25, -0.2) is 4.98 Å². The van der Waals surface area contributed by atoms with Gasteiger partial charge >= 0.3 is 0 Å². The minimum absolute atomic E-state index is 0.00264. The van der Waals surface area contributed by atoms with Crippen molar-refractivity contribution in [2.24, 2.45) is 5.10 Å². The van der Waals surface area contributed by atoms with Crippen molar-refractivity contribution in [2.75, 3.05) is 7.11 Å². The molecule has 184 valence electrons. The van der Waals surface area contributed by atoms with Crippen LogP contribution >= 0.6 is 15.9 Å². The van der Waals surface area contributed by atoms with Crippen LogP contribution in [-0.4, -0.2) is 27.9 Å². The fourth-order valence-electron chi connectivity index (χ4n) is 3.63. The SMILES string of the molecule is CCCc1nc2ccc(Br)cc2c(=O)n1N=Cc1ccc(OCc2cccc([N+](=O)[O-])c2)c(OC)c1. The number of aryl methyl sites for hydroxylation is 1. The zero-order valence-corrected chi connectivity index (χ0v) is 21.3. The van der Waals surface area contributed by atoms with E-state index in [-0.39, 0.29) is 17.9 Å². The molecule has 4 aromatic rings. The van der Waals surface area contributed by atoms with Gasteiger partial charge in [-0.2, -0.15) is 9.78 Å². The lowest BCUT2D eigenvalue weighted by molar-refractivity contribution is -0.384. The molecule has 0 amide bonds. The molecule has 0 unspecified atom stereocenters. The number of hydrogen-bond donors (Lipinski definition) is 0. The average Bonchev–Trinajstić information content (AvgIpc) is 2.88. The van der Waals surface area contributed by atoms with Gasteiger partial charge in [-0.1, -0.05) is 35.0 Å². The molecule has 0 radical (unpaired) electrons. The Morgan fingerprint density at radius 2 is 1.97 bits per heavy atom. The molecule has 9 nitrogen and oxygen atoms in total. The number of halogens is 1. The Labute approximate surface area is 215 Å². The highest BCUT2D eigenvalue weighted by atomic mass is 79.9. The molecule has 0 atom stereocenters. The normalized spacial score (nSPS) is 11.2. The summed E-state index contributed by atoms with van der Waals surface area (Å²) in [6.45, 7) is 2.16. The highest BCUT2D eigenvalue weighted by molar-refractivity contribution is 9.10. The van der Waals surface area contributed by atoms with E-state index in [4.69, 9.17) is 9.47 Å². The molecule has 1 heterocycles. The van der Waals surface area contributed by atoms with Crippen LogP contribution in [0.25, 0.3) is 10.9 Å². The van der Waals surface area contributed by atoms with Crippen molar-refractivity contribution in [3.05, 3.63) is 103 Å². The molecule has 10 heteroatoms. The predicted molar refractivity (Wildman–Crippen MR) is 141 cm³/mol. The molecule has 0 aliphatic carbocycles. The molecule has 4 rings (SSSR count). The fraction of sp³-hybridized carbons (Fsp3) is 0.192. The Balaban J connectivity index is 1.60. The molecular weight excluding hydrogens is 528 g/mol. The summed E-state index contributed by atoms with van der Waals surface area (Å²) in [7, 11) is 1.52. The van der Waals surface area contributed by atoms with Crippen LogP contribution in [0.15, 0.2) is 75.0 Å². The number of non-ortho nitro benzene ring substituents is 1. The van der Waals surface area contributed by atoms with Crippen LogP contribution in [0.4, 0.5) is 5.69 Å². The van der Waals surface area contributed by atoms with Crippen LogP contribution in [0.2, 0.25) is 0 Å². The van der Waals surface area contributed by atoms with Gasteiger partial charge in [-0.15, -0.1) is 0 Å². The van der Waals surface area contributed by atoms with Gasteiger partial charge in [0.15, 0.2) is 11.5 Å². The van der Waals surface area contributed by atoms with Crippen molar-refractivity contribution in [3.8, 4) is 11.5 Å². The number of fused-ring (bicyclic) bond motifs is 1. The van der Waals surface area contributed by atoms with Gasteiger partial charge in [0.2, 0.25) is 0 Å². The molecule has 0 N–H and O–H groups in total. The van der Waals surface area contributed by atoms with E-state index in [1.165, 1.54) is 23.9 Å². The van der Waals surface area contributed by atoms with Crippen molar-refractivity contribution >= 4 is 38.7 Å². The molecule has 0 bridgehead atoms. The van der Waals surface area contributed by atoms with Crippen LogP contribution in [0.3, 0.4) is 0 Å². The number of nitro groups is 1. The van der Waals surface area contributed by atoms with Gasteiger partial charge in [0.05, 0.1) is 29.2 Å². The minimum Gasteiger partial charge on any atom is -0.493 e. The molecule has 0 aliphatic rings. The standard InChI is InChI=1S/C26H23BrN4O5/c1-3-5-25-29-22-10-9-19(27)14-21(22)26(32)30(25)28-15-17-8-11-23(24(13-17)35-2)36-16-18-6-4-7-20(12-18)31(33)34/h4,6-15H,3,5,16H2,1-2H3. The lowest BCUT2D eigenvalue weighted by atomic mass is 10.2. The summed E-state index contributed by atoms with van der Waals surface area (Å²) >= 11 is 3.41. The van der Waals surface area contributed by atoms with Crippen LogP contribution in [0, 0.1) is 10.1 Å². The Bertz CT molecular complexity index is 1520. The Kier molecular flexibility index (Phi) is 7.74. The average molecular weight is 551 g/mol. The maximum absolute atomic E-state index is 13.2. The van der Waals surface area contributed by atoms with Gasteiger partial charge in [0, 0.05) is 23.0 Å². The van der Waals surface area contributed by atoms with E-state index in [0.717, 1.165) is 10.9 Å². The highest BCUT2D eigenvalue weighted by Gasteiger charge is 2.12. The summed E-state index contributed by atoms with van der Waals surface area (Å²) in [5.74, 6) is 1.52. The van der Waals surface area contributed by atoms with E-state index in [2.05, 4.69) is 26.0 Å². The maximum atomic E-state index is 13.2. The quantitative estimate of drug-likeness (QED) is 0.155. The minimum atomic E-state index is -0.445. The number of hydrogen-bond acceptors (Lipinski definition) is 7. The van der Waals surface area contributed by atoms with Gasteiger partial charge in [-0.05, 0) is 53.9 Å². The molecule has 0 saturated carbocycles. The Morgan fingerprint density at radius 1 is 1.14 bits per heavy atom. The zero-order valence-electron chi connectivity index (χ0n) is 19.7. The van der Waals surface area contributed by atoms with Crippen LogP contribution < -0.4 is 15.0 Å². The van der Waals surface area contributed by atoms with E-state index < -0.39 is 4.92 Å². The van der Waals surface area contributed by atoms with E-state index >= 15 is 0 Å². The molecule has 36 heavy (non-hydrogen) atoms. The molecule has 3 aromatic carbocycles. The highest BCUT2D eigenvalue weighted by Crippen LogP contribution is 2.29. The number of benzene rings is 3. The van der Waals surface area contributed by atoms with E-state index in [1.54, 1.807) is 42.6 Å². The first-order chi connectivity index (χ1) is 17.4. The van der Waals surface area contributed by atoms with E-state index in [0.29, 0.717) is 45.8 Å². The fourth-order valence-corrected chi connectivity index (χ4v) is 3.99. The Hall–Kier alpha value is -4.05. The largest absolute Gasteiger partial charge is 0.493 e. The summed E-state index contributed by atoms with van der Waals surface area (Å²) in [4.78, 5) is 28.3. The topological polar surface area (TPSA) is 109 Å². The van der Waals surface area contributed by atoms with Gasteiger partial charge in [-0.3, -0.25) is 14.9 Å². The molecule has 1 aromatic heterocycles. The summed E-state index contributed by atoms with van der Waals surface area (Å²) in [5, 5.41) is 15.9. The maximum Gasteiger partial charge on any atom is 0.282 e. The van der Waals surface area contributed by atoms with Crippen molar-refractivity contribution in [3.63, 3.8) is 0 Å². The lowest BCUT2D eigenvalue weighted by Gasteiger charge is -2.12. The number of nitro benzene ring substituents is 1. The molecule has 0 spiro atoms. The van der Waals surface area contributed by atoms with E-state index in [1.807, 2.05) is 19.1 Å². The second kappa shape index (κ2) is 11.1. The van der Waals surface area contributed by atoms with Crippen molar-refractivity contribution in [1.29, 1.82) is 0 Å².